The fourth-order valence-corrected chi connectivity index (χ4v) is 2.99. The zero-order valence-corrected chi connectivity index (χ0v) is 8.08. The van der Waals surface area contributed by atoms with Crippen LogP contribution in [0.15, 0.2) is 6.07 Å². The Balaban J connectivity index is 2.37. The quantitative estimate of drug-likeness (QED) is 0.517. The molecular weight excluding hydrogens is 168 g/mol. The first-order valence-electron chi connectivity index (χ1n) is 4.40. The lowest BCUT2D eigenvalue weighted by molar-refractivity contribution is 0.598. The van der Waals surface area contributed by atoms with Gasteiger partial charge in [-0.15, -0.1) is 11.3 Å². The van der Waals surface area contributed by atoms with Crippen molar-refractivity contribution in [2.24, 2.45) is 5.84 Å². The molecule has 0 saturated carbocycles. The number of nitrogens with one attached hydrogen (secondary N) is 1. The van der Waals surface area contributed by atoms with Crippen molar-refractivity contribution in [1.82, 2.24) is 0 Å². The smallest absolute Gasteiger partial charge is 0.103 e. The Morgan fingerprint density at radius 3 is 3.17 bits per heavy atom. The van der Waals surface area contributed by atoms with Gasteiger partial charge in [0, 0.05) is 4.88 Å². The zero-order valence-electron chi connectivity index (χ0n) is 7.26. The number of rotatable bonds is 1. The van der Waals surface area contributed by atoms with E-state index in [0.29, 0.717) is 0 Å². The molecule has 1 aromatic heterocycles. The van der Waals surface area contributed by atoms with Crippen molar-refractivity contribution in [3.8, 4) is 0 Å². The van der Waals surface area contributed by atoms with Gasteiger partial charge in [-0.25, -0.2) is 5.84 Å². The fraction of sp³-hybridized carbons (Fsp3) is 0.556. The lowest BCUT2D eigenvalue weighted by Crippen LogP contribution is -2.04. The van der Waals surface area contributed by atoms with Gasteiger partial charge in [0.25, 0.3) is 0 Å². The minimum atomic E-state index is 0.729. The first-order chi connectivity index (χ1) is 5.81. The number of hydrogen-bond donors (Lipinski definition) is 2. The Kier molecular flexibility index (Phi) is 2.07. The van der Waals surface area contributed by atoms with E-state index in [-0.39, 0.29) is 0 Å². The Labute approximate surface area is 76.8 Å². The van der Waals surface area contributed by atoms with E-state index in [4.69, 9.17) is 5.84 Å². The number of aryl methyl sites for hydroxylation is 1. The molecule has 2 nitrogen and oxygen atoms in total. The molecule has 0 spiro atoms. The predicted molar refractivity (Wildman–Crippen MR) is 53.5 cm³/mol. The van der Waals surface area contributed by atoms with Gasteiger partial charge >= 0.3 is 0 Å². The maximum atomic E-state index is 5.37. The molecule has 0 amide bonds. The lowest BCUT2D eigenvalue weighted by atomic mass is 9.89. The van der Waals surface area contributed by atoms with Crippen LogP contribution in [0.3, 0.4) is 0 Å². The molecule has 0 bridgehead atoms. The first kappa shape index (κ1) is 8.08. The molecule has 0 radical (unpaired) electrons. The van der Waals surface area contributed by atoms with E-state index in [0.717, 1.165) is 10.9 Å². The highest BCUT2D eigenvalue weighted by Crippen LogP contribution is 2.38. The summed E-state index contributed by atoms with van der Waals surface area (Å²) in [5.41, 5.74) is 4.24. The third-order valence-electron chi connectivity index (χ3n) is 2.56. The summed E-state index contributed by atoms with van der Waals surface area (Å²) in [6.07, 6.45) is 3.90. The molecule has 3 heteroatoms. The van der Waals surface area contributed by atoms with Crippen LogP contribution in [0.5, 0.6) is 0 Å². The van der Waals surface area contributed by atoms with Gasteiger partial charge in [-0.2, -0.15) is 0 Å². The fourth-order valence-electron chi connectivity index (χ4n) is 1.85. The van der Waals surface area contributed by atoms with Crippen LogP contribution in [0, 0.1) is 0 Å². The molecule has 0 aliphatic heterocycles. The minimum absolute atomic E-state index is 0.729. The summed E-state index contributed by atoms with van der Waals surface area (Å²) >= 11 is 1.80. The van der Waals surface area contributed by atoms with Crippen molar-refractivity contribution in [3.05, 3.63) is 16.5 Å². The number of thiophene rings is 1. The lowest BCUT2D eigenvalue weighted by Gasteiger charge is -2.17. The minimum Gasteiger partial charge on any atom is -0.315 e. The van der Waals surface area contributed by atoms with Crippen LogP contribution in [0.4, 0.5) is 5.00 Å². The Hall–Kier alpha value is -0.540. The van der Waals surface area contributed by atoms with Crippen molar-refractivity contribution >= 4 is 16.3 Å². The second-order valence-corrected chi connectivity index (χ2v) is 4.56. The maximum Gasteiger partial charge on any atom is 0.103 e. The highest BCUT2D eigenvalue weighted by Gasteiger charge is 2.18. The number of hydrazine groups is 1. The highest BCUT2D eigenvalue weighted by atomic mass is 32.1. The summed E-state index contributed by atoms with van der Waals surface area (Å²) in [6.45, 7) is 2.30. The standard InChI is InChI=1S/C9H14N2S/c1-6-3-2-4-8-7(6)5-9(11-10)12-8/h5-6,11H,2-4,10H2,1H3. The number of nitrogens with two attached hydrogens (primary N) is 1. The number of nitrogen functional groups attached to an aromatic ring is 1. The van der Waals surface area contributed by atoms with Crippen LogP contribution >= 0.6 is 11.3 Å². The van der Waals surface area contributed by atoms with E-state index in [1.165, 1.54) is 29.7 Å². The van der Waals surface area contributed by atoms with Gasteiger partial charge in [0.2, 0.25) is 0 Å². The molecule has 0 saturated heterocycles. The average Bonchev–Trinajstić information content (AvgIpc) is 2.49. The van der Waals surface area contributed by atoms with Gasteiger partial charge in [0.05, 0.1) is 0 Å². The molecule has 1 aliphatic rings. The number of anilines is 1. The molecule has 0 aromatic carbocycles. The van der Waals surface area contributed by atoms with Crippen molar-refractivity contribution in [1.29, 1.82) is 0 Å². The molecule has 1 heterocycles. The van der Waals surface area contributed by atoms with E-state index in [9.17, 15) is 0 Å². The normalized spacial score (nSPS) is 22.0. The molecule has 0 fully saturated rings. The van der Waals surface area contributed by atoms with E-state index in [1.807, 2.05) is 0 Å². The molecule has 3 N–H and O–H groups in total. The predicted octanol–water partition coefficient (Wildman–Crippen LogP) is 2.47. The van der Waals surface area contributed by atoms with Gasteiger partial charge in [-0.05, 0) is 36.8 Å². The van der Waals surface area contributed by atoms with Gasteiger partial charge in [-0.1, -0.05) is 6.92 Å². The SMILES string of the molecule is CC1CCCc2sc(NN)cc21. The Morgan fingerprint density at radius 1 is 1.67 bits per heavy atom. The molecule has 2 rings (SSSR count). The number of fused-ring (bicyclic) bond motifs is 1. The zero-order chi connectivity index (χ0) is 8.55. The summed E-state index contributed by atoms with van der Waals surface area (Å²) in [5.74, 6) is 6.10. The maximum absolute atomic E-state index is 5.37. The molecule has 1 aromatic rings. The molecule has 12 heavy (non-hydrogen) atoms. The largest absolute Gasteiger partial charge is 0.315 e. The molecule has 1 aliphatic carbocycles. The van der Waals surface area contributed by atoms with Crippen LogP contribution in [0.1, 0.15) is 36.1 Å². The molecule has 1 unspecified atom stereocenters. The highest BCUT2D eigenvalue weighted by molar-refractivity contribution is 7.16. The van der Waals surface area contributed by atoms with Crippen LogP contribution in [0.25, 0.3) is 0 Å². The van der Waals surface area contributed by atoms with Crippen LogP contribution in [0.2, 0.25) is 0 Å². The van der Waals surface area contributed by atoms with Crippen molar-refractivity contribution in [2.75, 3.05) is 5.43 Å². The molecule has 66 valence electrons. The number of hydrogen-bond acceptors (Lipinski definition) is 3. The molecule has 1 atom stereocenters. The van der Waals surface area contributed by atoms with E-state index < -0.39 is 0 Å². The second kappa shape index (κ2) is 3.07. The van der Waals surface area contributed by atoms with Crippen LogP contribution in [-0.4, -0.2) is 0 Å². The van der Waals surface area contributed by atoms with Crippen molar-refractivity contribution in [2.45, 2.75) is 32.1 Å². The van der Waals surface area contributed by atoms with Gasteiger partial charge in [0.1, 0.15) is 5.00 Å². The monoisotopic (exact) mass is 182 g/mol. The molecular formula is C9H14N2S. The third kappa shape index (κ3) is 1.23. The van der Waals surface area contributed by atoms with Crippen molar-refractivity contribution in [3.63, 3.8) is 0 Å². The topological polar surface area (TPSA) is 38.0 Å². The van der Waals surface area contributed by atoms with Crippen LogP contribution < -0.4 is 11.3 Å². The Morgan fingerprint density at radius 2 is 2.50 bits per heavy atom. The summed E-state index contributed by atoms with van der Waals surface area (Å²) in [4.78, 5) is 1.53. The summed E-state index contributed by atoms with van der Waals surface area (Å²) < 4.78 is 0. The average molecular weight is 182 g/mol. The van der Waals surface area contributed by atoms with Crippen molar-refractivity contribution < 1.29 is 0 Å². The summed E-state index contributed by atoms with van der Waals surface area (Å²) in [6, 6.07) is 2.20. The third-order valence-corrected chi connectivity index (χ3v) is 3.70. The second-order valence-electron chi connectivity index (χ2n) is 3.43. The Bertz CT molecular complexity index is 280. The van der Waals surface area contributed by atoms with E-state index >= 15 is 0 Å². The van der Waals surface area contributed by atoms with Gasteiger partial charge < -0.3 is 5.43 Å². The van der Waals surface area contributed by atoms with E-state index in [1.54, 1.807) is 11.3 Å². The van der Waals surface area contributed by atoms with Crippen LogP contribution in [-0.2, 0) is 6.42 Å². The first-order valence-corrected chi connectivity index (χ1v) is 5.22. The van der Waals surface area contributed by atoms with Gasteiger partial charge in [0.15, 0.2) is 0 Å². The summed E-state index contributed by atoms with van der Waals surface area (Å²) in [7, 11) is 0. The van der Waals surface area contributed by atoms with Gasteiger partial charge in [-0.3, -0.25) is 0 Å². The van der Waals surface area contributed by atoms with E-state index in [2.05, 4.69) is 18.4 Å². The summed E-state index contributed by atoms with van der Waals surface area (Å²) in [5, 5.41) is 1.11.